The smallest absolute Gasteiger partial charge is 0.338 e. The van der Waals surface area contributed by atoms with Gasteiger partial charge in [0.2, 0.25) is 0 Å². The molecule has 0 radical (unpaired) electrons. The Morgan fingerprint density at radius 2 is 1.05 bits per heavy atom. The Morgan fingerprint density at radius 1 is 0.684 bits per heavy atom. The van der Waals surface area contributed by atoms with Gasteiger partial charge in [-0.1, -0.05) is 79.1 Å². The highest BCUT2D eigenvalue weighted by atomic mass is 28.4. The van der Waals surface area contributed by atoms with Crippen molar-refractivity contribution in [1.82, 2.24) is 0 Å². The van der Waals surface area contributed by atoms with Gasteiger partial charge < -0.3 is 9.59 Å². The van der Waals surface area contributed by atoms with Gasteiger partial charge in [-0.2, -0.15) is 0 Å². The van der Waals surface area contributed by atoms with Crippen molar-refractivity contribution in [2.24, 2.45) is 0 Å². The van der Waals surface area contributed by atoms with Gasteiger partial charge in [0.25, 0.3) is 0 Å². The molecule has 19 heavy (non-hydrogen) atoms. The number of hydrogen-bond donors (Lipinski definition) is 2. The molecule has 0 aliphatic carbocycles. The molecule has 0 spiro atoms. The Balaban J connectivity index is 3.96. The van der Waals surface area contributed by atoms with Gasteiger partial charge in [-0.3, -0.25) is 0 Å². The van der Waals surface area contributed by atoms with Crippen molar-refractivity contribution in [1.29, 1.82) is 0 Å². The van der Waals surface area contributed by atoms with Gasteiger partial charge in [0.15, 0.2) is 0 Å². The van der Waals surface area contributed by atoms with Crippen LogP contribution in [0.2, 0.25) is 11.1 Å². The molecule has 0 aromatic rings. The average Bonchev–Trinajstić information content (AvgIpc) is 2.39. The number of hydrogen-bond acceptors (Lipinski definition) is 2. The first-order valence-corrected chi connectivity index (χ1v) is 10.5. The lowest BCUT2D eigenvalue weighted by atomic mass is 10.1. The molecule has 2 nitrogen and oxygen atoms in total. The van der Waals surface area contributed by atoms with E-state index in [4.69, 9.17) is 0 Å². The monoisotopic (exact) mass is 288 g/mol. The summed E-state index contributed by atoms with van der Waals surface area (Å²) in [7, 11) is -3.03. The summed E-state index contributed by atoms with van der Waals surface area (Å²) in [4.78, 5) is 20.9. The molecule has 0 amide bonds. The standard InChI is InChI=1S/C16H36O2Si/c1-5-7-9-11-13-15(3)19(17,18)16(4)14-12-10-8-6-2/h15-18H,5-14H2,1-4H3. The van der Waals surface area contributed by atoms with Crippen LogP contribution in [0.15, 0.2) is 0 Å². The van der Waals surface area contributed by atoms with Crippen LogP contribution in [0, 0.1) is 0 Å². The van der Waals surface area contributed by atoms with Crippen molar-refractivity contribution in [2.75, 3.05) is 0 Å². The Morgan fingerprint density at radius 3 is 1.37 bits per heavy atom. The maximum Gasteiger partial charge on any atom is 0.338 e. The third-order valence-corrected chi connectivity index (χ3v) is 7.91. The Hall–Kier alpha value is 0.137. The number of unbranched alkanes of at least 4 members (excludes halogenated alkanes) is 6. The fourth-order valence-corrected chi connectivity index (χ4v) is 4.89. The van der Waals surface area contributed by atoms with Gasteiger partial charge in [-0.15, -0.1) is 0 Å². The zero-order valence-electron chi connectivity index (χ0n) is 13.6. The van der Waals surface area contributed by atoms with E-state index in [1.165, 1.54) is 38.5 Å². The van der Waals surface area contributed by atoms with Gasteiger partial charge in [-0.05, 0) is 23.9 Å². The maximum atomic E-state index is 10.5. The quantitative estimate of drug-likeness (QED) is 0.386. The first kappa shape index (κ1) is 19.1. The van der Waals surface area contributed by atoms with E-state index >= 15 is 0 Å². The fraction of sp³-hybridized carbons (Fsp3) is 1.00. The predicted molar refractivity (Wildman–Crippen MR) is 86.6 cm³/mol. The van der Waals surface area contributed by atoms with Crippen LogP contribution in [0.5, 0.6) is 0 Å². The van der Waals surface area contributed by atoms with Crippen molar-refractivity contribution in [3.05, 3.63) is 0 Å². The van der Waals surface area contributed by atoms with E-state index < -0.39 is 8.56 Å². The molecule has 0 saturated heterocycles. The van der Waals surface area contributed by atoms with Crippen LogP contribution in [-0.4, -0.2) is 18.2 Å². The van der Waals surface area contributed by atoms with Crippen molar-refractivity contribution in [3.8, 4) is 0 Å². The van der Waals surface area contributed by atoms with Crippen LogP contribution in [0.1, 0.15) is 91.9 Å². The summed E-state index contributed by atoms with van der Waals surface area (Å²) in [5, 5.41) is 0. The zero-order chi connectivity index (χ0) is 14.7. The first-order valence-electron chi connectivity index (χ1n) is 8.41. The molecule has 0 aliphatic rings. The molecule has 0 aromatic heterocycles. The van der Waals surface area contributed by atoms with Crippen LogP contribution >= 0.6 is 0 Å². The summed E-state index contributed by atoms with van der Waals surface area (Å²) >= 11 is 0. The maximum absolute atomic E-state index is 10.5. The van der Waals surface area contributed by atoms with Crippen molar-refractivity contribution in [3.63, 3.8) is 0 Å². The van der Waals surface area contributed by atoms with Crippen molar-refractivity contribution in [2.45, 2.75) is 103 Å². The molecule has 0 aliphatic heterocycles. The van der Waals surface area contributed by atoms with Gasteiger partial charge in [-0.25, -0.2) is 0 Å². The zero-order valence-corrected chi connectivity index (χ0v) is 14.6. The second-order valence-corrected chi connectivity index (χ2v) is 9.82. The fourth-order valence-electron chi connectivity index (χ4n) is 2.67. The van der Waals surface area contributed by atoms with Crippen LogP contribution in [0.25, 0.3) is 0 Å². The molecule has 0 heterocycles. The predicted octanol–water partition coefficient (Wildman–Crippen LogP) is 5.13. The molecule has 0 aromatic carbocycles. The van der Waals surface area contributed by atoms with E-state index in [1.54, 1.807) is 0 Å². The molecule has 0 fully saturated rings. The molecular formula is C16H36O2Si. The molecule has 0 rings (SSSR count). The van der Waals surface area contributed by atoms with E-state index in [1.807, 2.05) is 13.8 Å². The summed E-state index contributed by atoms with van der Waals surface area (Å²) in [5.74, 6) is 0. The second-order valence-electron chi connectivity index (χ2n) is 6.28. The van der Waals surface area contributed by atoms with Crippen molar-refractivity contribution >= 4 is 8.56 Å². The van der Waals surface area contributed by atoms with E-state index in [0.717, 1.165) is 25.7 Å². The number of rotatable bonds is 12. The highest BCUT2D eigenvalue weighted by molar-refractivity contribution is 6.67. The van der Waals surface area contributed by atoms with Gasteiger partial charge in [0.05, 0.1) is 0 Å². The first-order chi connectivity index (χ1) is 8.96. The van der Waals surface area contributed by atoms with E-state index in [2.05, 4.69) is 13.8 Å². The Labute approximate surface area is 121 Å². The molecular weight excluding hydrogens is 252 g/mol. The molecule has 2 N–H and O–H groups in total. The lowest BCUT2D eigenvalue weighted by Gasteiger charge is -2.31. The lowest BCUT2D eigenvalue weighted by Crippen LogP contribution is -2.43. The molecule has 0 saturated carbocycles. The minimum absolute atomic E-state index is 0.116. The van der Waals surface area contributed by atoms with Crippen LogP contribution in [0.4, 0.5) is 0 Å². The van der Waals surface area contributed by atoms with Gasteiger partial charge in [0, 0.05) is 0 Å². The van der Waals surface area contributed by atoms with Crippen LogP contribution in [0.3, 0.4) is 0 Å². The lowest BCUT2D eigenvalue weighted by molar-refractivity contribution is 0.310. The van der Waals surface area contributed by atoms with E-state index in [-0.39, 0.29) is 11.1 Å². The third-order valence-electron chi connectivity index (χ3n) is 4.43. The summed E-state index contributed by atoms with van der Waals surface area (Å²) in [6.07, 6.45) is 11.7. The summed E-state index contributed by atoms with van der Waals surface area (Å²) in [6, 6.07) is 0. The molecule has 2 atom stereocenters. The van der Waals surface area contributed by atoms with Gasteiger partial charge in [0.1, 0.15) is 0 Å². The van der Waals surface area contributed by atoms with E-state index in [9.17, 15) is 9.59 Å². The Bertz CT molecular complexity index is 187. The third kappa shape index (κ3) is 8.11. The molecule has 2 unspecified atom stereocenters. The van der Waals surface area contributed by atoms with E-state index in [0.29, 0.717) is 0 Å². The average molecular weight is 289 g/mol. The summed E-state index contributed by atoms with van der Waals surface area (Å²) in [5.41, 5.74) is 0.232. The minimum atomic E-state index is -3.03. The van der Waals surface area contributed by atoms with Crippen LogP contribution in [-0.2, 0) is 0 Å². The van der Waals surface area contributed by atoms with Crippen LogP contribution < -0.4 is 0 Å². The highest BCUT2D eigenvalue weighted by Gasteiger charge is 2.41. The normalized spacial score (nSPS) is 15.5. The summed E-state index contributed by atoms with van der Waals surface area (Å²) in [6.45, 7) is 8.50. The largest absolute Gasteiger partial charge is 0.410 e. The summed E-state index contributed by atoms with van der Waals surface area (Å²) < 4.78 is 0. The molecule has 3 heteroatoms. The van der Waals surface area contributed by atoms with Crippen molar-refractivity contribution < 1.29 is 9.59 Å². The molecule has 116 valence electrons. The Kier molecular flexibility index (Phi) is 10.9. The molecule has 0 bridgehead atoms. The topological polar surface area (TPSA) is 40.5 Å². The minimum Gasteiger partial charge on any atom is -0.410 e. The second kappa shape index (κ2) is 10.9. The SMILES string of the molecule is CCCCCCC(C)[Si](O)(O)C(C)CCCCCC. The highest BCUT2D eigenvalue weighted by Crippen LogP contribution is 2.35. The van der Waals surface area contributed by atoms with Gasteiger partial charge >= 0.3 is 8.56 Å².